The Morgan fingerprint density at radius 2 is 2.00 bits per heavy atom. The van der Waals surface area contributed by atoms with Gasteiger partial charge in [-0.3, -0.25) is 14.8 Å². The van der Waals surface area contributed by atoms with Crippen molar-refractivity contribution in [3.8, 4) is 0 Å². The van der Waals surface area contributed by atoms with Gasteiger partial charge >= 0.3 is 0 Å². The number of nitrogens with one attached hydrogen (secondary N) is 1. The minimum Gasteiger partial charge on any atom is -0.369 e. The van der Waals surface area contributed by atoms with Crippen LogP contribution < -0.4 is 16.2 Å². The lowest BCUT2D eigenvalue weighted by Gasteiger charge is -2.41. The van der Waals surface area contributed by atoms with Crippen molar-refractivity contribution < 1.29 is 4.79 Å². The molecule has 3 N–H and O–H groups in total. The second kappa shape index (κ2) is 8.82. The molecule has 0 spiro atoms. The first-order chi connectivity index (χ1) is 15.9. The number of nitrogens with two attached hydrogens (primary N) is 1. The Labute approximate surface area is 198 Å². The van der Waals surface area contributed by atoms with E-state index in [1.807, 2.05) is 24.3 Å². The third kappa shape index (κ3) is 4.24. The molecule has 1 aromatic carbocycles. The number of hydrogen-bond donors (Lipinski definition) is 2. The summed E-state index contributed by atoms with van der Waals surface area (Å²) in [5.74, 6) is 0.578. The summed E-state index contributed by atoms with van der Waals surface area (Å²) >= 11 is 6.29. The Morgan fingerprint density at radius 3 is 2.70 bits per heavy atom. The van der Waals surface area contributed by atoms with Gasteiger partial charge in [0.1, 0.15) is 11.8 Å². The third-order valence-corrected chi connectivity index (χ3v) is 7.52. The van der Waals surface area contributed by atoms with Gasteiger partial charge in [0.05, 0.1) is 17.4 Å². The number of benzene rings is 1. The molecular weight excluding hydrogens is 438 g/mol. The molecule has 2 saturated carbocycles. The van der Waals surface area contributed by atoms with E-state index in [9.17, 15) is 4.79 Å². The number of carbonyl (C=O) groups is 1. The number of fused-ring (bicyclic) bond motifs is 1. The summed E-state index contributed by atoms with van der Waals surface area (Å²) in [6.45, 7) is 2.29. The number of carbonyl (C=O) groups excluding carboxylic acids is 1. The number of hydrazine groups is 1. The molecule has 5 rings (SSSR count). The highest BCUT2D eigenvalue weighted by atomic mass is 35.5. The highest BCUT2D eigenvalue weighted by Crippen LogP contribution is 2.42. The van der Waals surface area contributed by atoms with E-state index in [4.69, 9.17) is 22.3 Å². The number of rotatable bonds is 6. The van der Waals surface area contributed by atoms with Crippen molar-refractivity contribution >= 4 is 40.3 Å². The number of imidazole rings is 1. The summed E-state index contributed by atoms with van der Waals surface area (Å²) in [5.41, 5.74) is 11.6. The van der Waals surface area contributed by atoms with E-state index in [0.717, 1.165) is 61.3 Å². The first kappa shape index (κ1) is 21.9. The summed E-state index contributed by atoms with van der Waals surface area (Å²) in [6.07, 6.45) is 11.1. The van der Waals surface area contributed by atoms with Gasteiger partial charge in [-0.1, -0.05) is 30.5 Å². The smallest absolute Gasteiger partial charge is 0.227 e. The molecule has 0 atom stereocenters. The lowest BCUT2D eigenvalue weighted by Crippen LogP contribution is -2.50. The fourth-order valence-electron chi connectivity index (χ4n) is 5.42. The molecule has 0 aliphatic heterocycles. The van der Waals surface area contributed by atoms with E-state index in [2.05, 4.69) is 31.9 Å². The van der Waals surface area contributed by atoms with Gasteiger partial charge < -0.3 is 5.73 Å². The third-order valence-electron chi connectivity index (χ3n) is 7.29. The molecule has 0 bridgehead atoms. The van der Waals surface area contributed by atoms with E-state index >= 15 is 0 Å². The molecule has 2 aromatic heterocycles. The second-order valence-electron chi connectivity index (χ2n) is 9.58. The first-order valence-electron chi connectivity index (χ1n) is 11.7. The number of amides is 1. The summed E-state index contributed by atoms with van der Waals surface area (Å²) < 4.78 is 2.25. The maximum absolute atomic E-state index is 11.7. The van der Waals surface area contributed by atoms with Gasteiger partial charge in [0.2, 0.25) is 11.9 Å². The zero-order valence-electron chi connectivity index (χ0n) is 18.9. The second-order valence-corrected chi connectivity index (χ2v) is 10.0. The molecular formula is C24H30ClN7O. The molecule has 2 fully saturated rings. The Hall–Kier alpha value is -2.87. The van der Waals surface area contributed by atoms with Crippen LogP contribution in [0.15, 0.2) is 36.8 Å². The van der Waals surface area contributed by atoms with Crippen molar-refractivity contribution in [1.82, 2.24) is 19.5 Å². The average molecular weight is 468 g/mol. The molecule has 3 aromatic rings. The lowest BCUT2D eigenvalue weighted by atomic mass is 9.85. The fourth-order valence-corrected chi connectivity index (χ4v) is 5.61. The van der Waals surface area contributed by atoms with Crippen molar-refractivity contribution in [2.75, 3.05) is 10.4 Å². The van der Waals surface area contributed by atoms with Crippen LogP contribution in [0.1, 0.15) is 64.3 Å². The molecule has 0 saturated heterocycles. The summed E-state index contributed by atoms with van der Waals surface area (Å²) in [7, 11) is 0. The van der Waals surface area contributed by atoms with Gasteiger partial charge in [0.25, 0.3) is 0 Å². The van der Waals surface area contributed by atoms with Crippen molar-refractivity contribution in [1.29, 1.82) is 0 Å². The van der Waals surface area contributed by atoms with Crippen molar-refractivity contribution in [3.05, 3.63) is 41.8 Å². The van der Waals surface area contributed by atoms with E-state index in [1.54, 1.807) is 12.5 Å². The predicted octanol–water partition coefficient (Wildman–Crippen LogP) is 4.86. The molecule has 1 amide bonds. The van der Waals surface area contributed by atoms with Gasteiger partial charge in [-0.25, -0.2) is 20.0 Å². The van der Waals surface area contributed by atoms with Crippen LogP contribution in [-0.2, 0) is 4.79 Å². The minimum absolute atomic E-state index is 0.0536. The Kier molecular flexibility index (Phi) is 5.86. The first-order valence-corrected chi connectivity index (χ1v) is 12.1. The monoisotopic (exact) mass is 467 g/mol. The van der Waals surface area contributed by atoms with Gasteiger partial charge in [-0.15, -0.1) is 0 Å². The zero-order valence-corrected chi connectivity index (χ0v) is 19.6. The average Bonchev–Trinajstić information content (AvgIpc) is 3.42. The molecule has 0 radical (unpaired) electrons. The zero-order chi connectivity index (χ0) is 23.0. The highest BCUT2D eigenvalue weighted by Gasteiger charge is 2.40. The number of nitrogens with zero attached hydrogens (tertiary/aromatic N) is 5. The molecule has 2 heterocycles. The lowest BCUT2D eigenvalue weighted by molar-refractivity contribution is -0.122. The molecule has 9 heteroatoms. The number of aromatic nitrogens is 4. The summed E-state index contributed by atoms with van der Waals surface area (Å²) in [5, 5.41) is 2.90. The van der Waals surface area contributed by atoms with Gasteiger partial charge in [0, 0.05) is 17.0 Å². The number of anilines is 2. The fraction of sp³-hybridized carbons (Fsp3) is 0.500. The maximum atomic E-state index is 11.7. The highest BCUT2D eigenvalue weighted by molar-refractivity contribution is 6.30. The predicted molar refractivity (Wildman–Crippen MR) is 130 cm³/mol. The van der Waals surface area contributed by atoms with Gasteiger partial charge in [-0.05, 0) is 63.6 Å². The minimum atomic E-state index is -0.200. The maximum Gasteiger partial charge on any atom is 0.227 e. The normalized spacial score (nSPS) is 22.4. The van der Waals surface area contributed by atoms with Gasteiger partial charge in [0.15, 0.2) is 5.65 Å². The van der Waals surface area contributed by atoms with Crippen LogP contribution in [-0.4, -0.2) is 31.0 Å². The van der Waals surface area contributed by atoms with Crippen LogP contribution in [0.3, 0.4) is 0 Å². The van der Waals surface area contributed by atoms with Crippen LogP contribution in [0.2, 0.25) is 5.02 Å². The summed E-state index contributed by atoms with van der Waals surface area (Å²) in [4.78, 5) is 25.6. The molecule has 2 aliphatic carbocycles. The molecule has 2 aliphatic rings. The molecule has 174 valence electrons. The Balaban J connectivity index is 1.59. The standard InChI is InChI=1S/C24H30ClN7O/c1-24(11-2-3-12-24)32(30-18-6-4-5-17(25)13-18)23-29-20-14-27-15-28-22(20)31(23)19-9-7-16(8-10-19)21(26)33/h4-6,13-16,19,30H,2-3,7-12H2,1H3,(H2,26,33). The van der Waals surface area contributed by atoms with Crippen LogP contribution in [0.5, 0.6) is 0 Å². The topological polar surface area (TPSA) is 102 Å². The van der Waals surface area contributed by atoms with E-state index in [-0.39, 0.29) is 23.4 Å². The van der Waals surface area contributed by atoms with E-state index in [1.165, 1.54) is 12.8 Å². The van der Waals surface area contributed by atoms with Crippen LogP contribution >= 0.6 is 11.6 Å². The van der Waals surface area contributed by atoms with Crippen molar-refractivity contribution in [2.24, 2.45) is 11.7 Å². The number of halogens is 1. The number of hydrogen-bond acceptors (Lipinski definition) is 6. The van der Waals surface area contributed by atoms with Crippen molar-refractivity contribution in [2.45, 2.75) is 69.9 Å². The molecule has 33 heavy (non-hydrogen) atoms. The SMILES string of the molecule is CC1(N(Nc2cccc(Cl)c2)c2nc3cncnc3n2C2CCC(C(N)=O)CC2)CCCC1. The van der Waals surface area contributed by atoms with Gasteiger partial charge in [-0.2, -0.15) is 0 Å². The van der Waals surface area contributed by atoms with E-state index in [0.29, 0.717) is 5.02 Å². The Bertz CT molecular complexity index is 1150. The van der Waals surface area contributed by atoms with Crippen LogP contribution in [0.4, 0.5) is 11.6 Å². The molecule has 8 nitrogen and oxygen atoms in total. The van der Waals surface area contributed by atoms with Crippen LogP contribution in [0.25, 0.3) is 11.2 Å². The number of primary amides is 1. The summed E-state index contributed by atoms with van der Waals surface area (Å²) in [6, 6.07) is 7.94. The molecule has 0 unspecified atom stereocenters. The van der Waals surface area contributed by atoms with Crippen LogP contribution in [0, 0.1) is 5.92 Å². The Morgan fingerprint density at radius 1 is 1.24 bits per heavy atom. The quantitative estimate of drug-likeness (QED) is 0.502. The largest absolute Gasteiger partial charge is 0.369 e. The van der Waals surface area contributed by atoms with Crippen molar-refractivity contribution in [3.63, 3.8) is 0 Å². The van der Waals surface area contributed by atoms with E-state index < -0.39 is 0 Å².